The number of ether oxygens (including phenoxy) is 2. The van der Waals surface area contributed by atoms with Crippen LogP contribution < -0.4 is 0 Å². The molecule has 4 nitrogen and oxygen atoms in total. The Balaban J connectivity index is 2.52. The minimum Gasteiger partial charge on any atom is -0.481 e. The molecule has 0 radical (unpaired) electrons. The lowest BCUT2D eigenvalue weighted by molar-refractivity contribution is -0.223. The molecule has 1 fully saturated rings. The fourth-order valence-electron chi connectivity index (χ4n) is 2.34. The van der Waals surface area contributed by atoms with Crippen molar-refractivity contribution in [1.82, 2.24) is 0 Å². The summed E-state index contributed by atoms with van der Waals surface area (Å²) in [7, 11) is 0. The van der Waals surface area contributed by atoms with Crippen molar-refractivity contribution in [3.63, 3.8) is 0 Å². The van der Waals surface area contributed by atoms with Crippen LogP contribution in [0.2, 0.25) is 0 Å². The van der Waals surface area contributed by atoms with Gasteiger partial charge in [-0.3, -0.25) is 4.79 Å². The van der Waals surface area contributed by atoms with Crippen LogP contribution in [-0.4, -0.2) is 29.6 Å². The van der Waals surface area contributed by atoms with Crippen molar-refractivity contribution in [3.05, 3.63) is 0 Å². The average molecular weight is 244 g/mol. The summed E-state index contributed by atoms with van der Waals surface area (Å²) >= 11 is 0. The molecule has 0 spiro atoms. The molecular weight excluding hydrogens is 220 g/mol. The van der Waals surface area contributed by atoms with Gasteiger partial charge < -0.3 is 14.6 Å². The molecule has 0 aromatic rings. The zero-order valence-corrected chi connectivity index (χ0v) is 11.3. The molecule has 0 amide bonds. The third-order valence-electron chi connectivity index (χ3n) is 3.04. The van der Waals surface area contributed by atoms with Crippen LogP contribution in [0.25, 0.3) is 0 Å². The molecule has 0 aliphatic carbocycles. The molecule has 0 aromatic heterocycles. The second-order valence-electron chi connectivity index (χ2n) is 6.04. The highest BCUT2D eigenvalue weighted by Crippen LogP contribution is 2.32. The van der Waals surface area contributed by atoms with Crippen LogP contribution >= 0.6 is 0 Å². The Morgan fingerprint density at radius 1 is 1.35 bits per heavy atom. The first kappa shape index (κ1) is 14.5. The summed E-state index contributed by atoms with van der Waals surface area (Å²) in [4.78, 5) is 11.1. The van der Waals surface area contributed by atoms with Crippen LogP contribution in [0.4, 0.5) is 0 Å². The van der Waals surface area contributed by atoms with Crippen molar-refractivity contribution in [1.29, 1.82) is 0 Å². The molecule has 1 unspecified atom stereocenters. The van der Waals surface area contributed by atoms with E-state index in [1.54, 1.807) is 13.8 Å². The van der Waals surface area contributed by atoms with Gasteiger partial charge in [-0.05, 0) is 53.4 Å². The molecule has 1 heterocycles. The van der Waals surface area contributed by atoms with E-state index < -0.39 is 17.0 Å². The number of carboxylic acid groups (broad SMARTS) is 1. The molecule has 1 aliphatic heterocycles. The van der Waals surface area contributed by atoms with E-state index in [2.05, 4.69) is 0 Å². The Hall–Kier alpha value is -0.610. The Morgan fingerprint density at radius 3 is 2.47 bits per heavy atom. The molecule has 1 N–H and O–H groups in total. The van der Waals surface area contributed by atoms with Gasteiger partial charge in [-0.2, -0.15) is 0 Å². The summed E-state index contributed by atoms with van der Waals surface area (Å²) in [6.45, 7) is 8.04. The number of carboxylic acids is 1. The second kappa shape index (κ2) is 5.36. The van der Waals surface area contributed by atoms with Gasteiger partial charge in [0.2, 0.25) is 0 Å². The quantitative estimate of drug-likeness (QED) is 0.808. The Bertz CT molecular complexity index is 265. The third-order valence-corrected chi connectivity index (χ3v) is 3.04. The highest BCUT2D eigenvalue weighted by atomic mass is 16.7. The zero-order valence-electron chi connectivity index (χ0n) is 11.3. The second-order valence-corrected chi connectivity index (χ2v) is 6.04. The van der Waals surface area contributed by atoms with Gasteiger partial charge in [0.1, 0.15) is 0 Å². The molecule has 1 rings (SSSR count). The van der Waals surface area contributed by atoms with Gasteiger partial charge in [-0.1, -0.05) is 0 Å². The van der Waals surface area contributed by atoms with Crippen molar-refractivity contribution >= 4 is 5.97 Å². The highest BCUT2D eigenvalue weighted by molar-refractivity contribution is 5.73. The van der Waals surface area contributed by atoms with E-state index in [-0.39, 0.29) is 6.29 Å². The van der Waals surface area contributed by atoms with E-state index in [9.17, 15) is 4.79 Å². The Kier molecular flexibility index (Phi) is 4.55. The van der Waals surface area contributed by atoms with E-state index in [0.717, 1.165) is 25.9 Å². The summed E-state index contributed by atoms with van der Waals surface area (Å²) in [5.74, 6) is -0.793. The molecule has 4 heteroatoms. The van der Waals surface area contributed by atoms with E-state index in [4.69, 9.17) is 14.6 Å². The summed E-state index contributed by atoms with van der Waals surface area (Å²) in [5.41, 5.74) is -1.26. The van der Waals surface area contributed by atoms with Gasteiger partial charge in [0.15, 0.2) is 6.29 Å². The molecule has 0 saturated carbocycles. The summed E-state index contributed by atoms with van der Waals surface area (Å²) in [6, 6.07) is 0. The minimum atomic E-state index is -0.793. The van der Waals surface area contributed by atoms with Crippen LogP contribution in [-0.2, 0) is 14.3 Å². The molecule has 17 heavy (non-hydrogen) atoms. The maximum Gasteiger partial charge on any atom is 0.309 e. The van der Waals surface area contributed by atoms with Gasteiger partial charge in [0.25, 0.3) is 0 Å². The van der Waals surface area contributed by atoms with Crippen LogP contribution in [0.3, 0.4) is 0 Å². The number of rotatable bonds is 5. The number of hydrogen-bond acceptors (Lipinski definition) is 3. The fourth-order valence-corrected chi connectivity index (χ4v) is 2.34. The average Bonchev–Trinajstić information content (AvgIpc) is 2.16. The van der Waals surface area contributed by atoms with Crippen molar-refractivity contribution in [2.75, 3.05) is 6.61 Å². The first-order valence-electron chi connectivity index (χ1n) is 6.26. The molecule has 1 aliphatic rings. The van der Waals surface area contributed by atoms with Crippen molar-refractivity contribution in [3.8, 4) is 0 Å². The molecule has 1 atom stereocenters. The first-order valence-corrected chi connectivity index (χ1v) is 6.26. The molecule has 0 aromatic carbocycles. The van der Waals surface area contributed by atoms with Crippen LogP contribution in [0.5, 0.6) is 0 Å². The number of aliphatic carboxylic acids is 1. The van der Waals surface area contributed by atoms with Crippen molar-refractivity contribution < 1.29 is 19.4 Å². The molecule has 100 valence electrons. The van der Waals surface area contributed by atoms with Gasteiger partial charge in [-0.15, -0.1) is 0 Å². The van der Waals surface area contributed by atoms with Crippen molar-refractivity contribution in [2.45, 2.75) is 65.3 Å². The van der Waals surface area contributed by atoms with Gasteiger partial charge in [-0.25, -0.2) is 0 Å². The number of carbonyl (C=O) groups is 1. The summed E-state index contributed by atoms with van der Waals surface area (Å²) in [6.07, 6.45) is 3.39. The standard InChI is InChI=1S/C13H24O4/c1-12(2,11(14)15)9-13(3,4)17-10-7-5-6-8-16-10/h10H,5-9H2,1-4H3,(H,14,15). The smallest absolute Gasteiger partial charge is 0.309 e. The summed E-state index contributed by atoms with van der Waals surface area (Å²) < 4.78 is 11.4. The Labute approximate surface area is 103 Å². The maximum absolute atomic E-state index is 11.1. The lowest BCUT2D eigenvalue weighted by atomic mass is 9.82. The fraction of sp³-hybridized carbons (Fsp3) is 0.923. The van der Waals surface area contributed by atoms with Gasteiger partial charge >= 0.3 is 5.97 Å². The van der Waals surface area contributed by atoms with Gasteiger partial charge in [0.05, 0.1) is 11.0 Å². The van der Waals surface area contributed by atoms with Crippen molar-refractivity contribution in [2.24, 2.45) is 5.41 Å². The van der Waals surface area contributed by atoms with Crippen LogP contribution in [0, 0.1) is 5.41 Å². The first-order chi connectivity index (χ1) is 7.73. The predicted octanol–water partition coefficient (Wildman–Crippen LogP) is 2.81. The highest BCUT2D eigenvalue weighted by Gasteiger charge is 2.37. The third kappa shape index (κ3) is 4.64. The SMILES string of the molecule is CC(C)(CC(C)(C)C(=O)O)OC1CCCCO1. The van der Waals surface area contributed by atoms with E-state index >= 15 is 0 Å². The monoisotopic (exact) mass is 244 g/mol. The molecular formula is C13H24O4. The zero-order chi connectivity index (χ0) is 13.1. The topological polar surface area (TPSA) is 55.8 Å². The van der Waals surface area contributed by atoms with Crippen LogP contribution in [0.15, 0.2) is 0 Å². The van der Waals surface area contributed by atoms with Crippen LogP contribution in [0.1, 0.15) is 53.4 Å². The summed E-state index contributed by atoms with van der Waals surface area (Å²) in [5, 5.41) is 9.12. The molecule has 0 bridgehead atoms. The van der Waals surface area contributed by atoms with E-state index in [1.165, 1.54) is 0 Å². The maximum atomic E-state index is 11.1. The van der Waals surface area contributed by atoms with Gasteiger partial charge in [0, 0.05) is 6.61 Å². The van der Waals surface area contributed by atoms with E-state index in [0.29, 0.717) is 6.42 Å². The van der Waals surface area contributed by atoms with E-state index in [1.807, 2.05) is 13.8 Å². The Morgan fingerprint density at radius 2 is 2.00 bits per heavy atom. The largest absolute Gasteiger partial charge is 0.481 e. The normalized spacial score (nSPS) is 22.5. The number of hydrogen-bond donors (Lipinski definition) is 1. The molecule has 1 saturated heterocycles. The lowest BCUT2D eigenvalue weighted by Crippen LogP contribution is -2.40. The predicted molar refractivity (Wildman–Crippen MR) is 64.8 cm³/mol. The lowest BCUT2D eigenvalue weighted by Gasteiger charge is -2.36. The minimum absolute atomic E-state index is 0.177.